The highest BCUT2D eigenvalue weighted by Crippen LogP contribution is 2.27. The molecule has 126 valence electrons. The molecule has 1 aromatic rings. The van der Waals surface area contributed by atoms with Gasteiger partial charge in [0.1, 0.15) is 5.75 Å². The quantitative estimate of drug-likeness (QED) is 0.846. The van der Waals surface area contributed by atoms with E-state index in [0.717, 1.165) is 38.5 Å². The number of ether oxygens (including phenoxy) is 2. The van der Waals surface area contributed by atoms with Crippen LogP contribution in [0.1, 0.15) is 12.5 Å². The minimum Gasteiger partial charge on any atom is -0.497 e. The maximum Gasteiger partial charge on any atom is 0.227 e. The first-order valence-corrected chi connectivity index (χ1v) is 8.39. The van der Waals surface area contributed by atoms with Gasteiger partial charge < -0.3 is 14.4 Å². The smallest absolute Gasteiger partial charge is 0.227 e. The summed E-state index contributed by atoms with van der Waals surface area (Å²) < 4.78 is 10.6. The van der Waals surface area contributed by atoms with Gasteiger partial charge in [-0.3, -0.25) is 9.69 Å². The molecule has 5 nitrogen and oxygen atoms in total. The van der Waals surface area contributed by atoms with Crippen LogP contribution < -0.4 is 4.74 Å². The van der Waals surface area contributed by atoms with Crippen molar-refractivity contribution in [1.29, 1.82) is 0 Å². The average molecular weight is 318 g/mol. The van der Waals surface area contributed by atoms with Crippen LogP contribution in [0.2, 0.25) is 0 Å². The lowest BCUT2D eigenvalue weighted by molar-refractivity contribution is -0.140. The van der Waals surface area contributed by atoms with E-state index in [1.54, 1.807) is 7.11 Å². The van der Waals surface area contributed by atoms with E-state index in [1.165, 1.54) is 5.56 Å². The number of hydrogen-bond donors (Lipinski definition) is 0. The third-order valence-corrected chi connectivity index (χ3v) is 4.87. The molecule has 0 aliphatic carbocycles. The number of benzene rings is 1. The molecule has 2 saturated heterocycles. The SMILES string of the molecule is COc1cccc(CN2C[C@@H](C)[C@H](C(=O)N3CCOCC3)C2)c1. The van der Waals surface area contributed by atoms with Crippen LogP contribution in [0.15, 0.2) is 24.3 Å². The molecule has 5 heteroatoms. The fourth-order valence-electron chi connectivity index (χ4n) is 3.57. The Kier molecular flexibility index (Phi) is 5.18. The number of hydrogen-bond acceptors (Lipinski definition) is 4. The number of amides is 1. The van der Waals surface area contributed by atoms with Gasteiger partial charge >= 0.3 is 0 Å². The second kappa shape index (κ2) is 7.32. The largest absolute Gasteiger partial charge is 0.497 e. The standard InChI is InChI=1S/C18H26N2O3/c1-14-11-19(12-15-4-3-5-16(10-15)22-2)13-17(14)18(21)20-6-8-23-9-7-20/h3-5,10,14,17H,6-9,11-13H2,1-2H3/t14-,17-/m1/s1. The molecule has 0 unspecified atom stereocenters. The molecule has 1 amide bonds. The van der Waals surface area contributed by atoms with E-state index in [-0.39, 0.29) is 5.92 Å². The molecule has 0 aromatic heterocycles. The molecule has 0 saturated carbocycles. The number of likely N-dealkylation sites (tertiary alicyclic amines) is 1. The summed E-state index contributed by atoms with van der Waals surface area (Å²) in [7, 11) is 1.69. The number of carbonyl (C=O) groups excluding carboxylic acids is 1. The van der Waals surface area contributed by atoms with E-state index in [0.29, 0.717) is 25.0 Å². The lowest BCUT2D eigenvalue weighted by atomic mass is 9.96. The fourth-order valence-corrected chi connectivity index (χ4v) is 3.57. The molecule has 23 heavy (non-hydrogen) atoms. The summed E-state index contributed by atoms with van der Waals surface area (Å²) in [5.74, 6) is 1.69. The Morgan fingerprint density at radius 1 is 1.30 bits per heavy atom. The van der Waals surface area contributed by atoms with Crippen molar-refractivity contribution in [3.05, 3.63) is 29.8 Å². The Labute approximate surface area is 138 Å². The van der Waals surface area contributed by atoms with Crippen LogP contribution in [0.5, 0.6) is 5.75 Å². The van der Waals surface area contributed by atoms with E-state index < -0.39 is 0 Å². The van der Waals surface area contributed by atoms with Gasteiger partial charge in [0.15, 0.2) is 0 Å². The van der Waals surface area contributed by atoms with Gasteiger partial charge in [0.2, 0.25) is 5.91 Å². The predicted molar refractivity (Wildman–Crippen MR) is 88.3 cm³/mol. The van der Waals surface area contributed by atoms with Gasteiger partial charge in [0.25, 0.3) is 0 Å². The summed E-state index contributed by atoms with van der Waals surface area (Å²) in [5.41, 5.74) is 1.23. The van der Waals surface area contributed by atoms with Crippen molar-refractivity contribution in [3.63, 3.8) is 0 Å². The third kappa shape index (κ3) is 3.85. The van der Waals surface area contributed by atoms with Crippen molar-refractivity contribution in [1.82, 2.24) is 9.80 Å². The van der Waals surface area contributed by atoms with Crippen molar-refractivity contribution in [2.24, 2.45) is 11.8 Å². The van der Waals surface area contributed by atoms with E-state index in [1.807, 2.05) is 17.0 Å². The zero-order chi connectivity index (χ0) is 16.2. The number of rotatable bonds is 4. The highest BCUT2D eigenvalue weighted by Gasteiger charge is 2.37. The van der Waals surface area contributed by atoms with Crippen LogP contribution in [0, 0.1) is 11.8 Å². The highest BCUT2D eigenvalue weighted by atomic mass is 16.5. The zero-order valence-corrected chi connectivity index (χ0v) is 14.0. The minimum absolute atomic E-state index is 0.110. The Balaban J connectivity index is 1.60. The molecule has 2 fully saturated rings. The van der Waals surface area contributed by atoms with Crippen LogP contribution in [0.4, 0.5) is 0 Å². The van der Waals surface area contributed by atoms with Gasteiger partial charge in [0.05, 0.1) is 26.2 Å². The second-order valence-corrected chi connectivity index (χ2v) is 6.57. The normalized spacial score (nSPS) is 25.6. The highest BCUT2D eigenvalue weighted by molar-refractivity contribution is 5.79. The molecule has 2 atom stereocenters. The molecular weight excluding hydrogens is 292 g/mol. The third-order valence-electron chi connectivity index (χ3n) is 4.87. The van der Waals surface area contributed by atoms with E-state index >= 15 is 0 Å². The fraction of sp³-hybridized carbons (Fsp3) is 0.611. The lowest BCUT2D eigenvalue weighted by Crippen LogP contribution is -2.45. The molecule has 3 rings (SSSR count). The Morgan fingerprint density at radius 3 is 2.83 bits per heavy atom. The van der Waals surface area contributed by atoms with Crippen LogP contribution in [0.25, 0.3) is 0 Å². The summed E-state index contributed by atoms with van der Waals surface area (Å²) >= 11 is 0. The Morgan fingerprint density at radius 2 is 2.09 bits per heavy atom. The molecule has 2 aliphatic rings. The molecule has 2 aliphatic heterocycles. The van der Waals surface area contributed by atoms with Gasteiger partial charge in [-0.05, 0) is 23.6 Å². The average Bonchev–Trinajstić information content (AvgIpc) is 2.95. The number of carbonyl (C=O) groups is 1. The summed E-state index contributed by atoms with van der Waals surface area (Å²) in [6, 6.07) is 8.16. The van der Waals surface area contributed by atoms with Crippen LogP contribution in [-0.2, 0) is 16.1 Å². The first-order chi connectivity index (χ1) is 11.2. The number of nitrogens with zero attached hydrogens (tertiary/aromatic N) is 2. The molecule has 0 N–H and O–H groups in total. The first kappa shape index (κ1) is 16.3. The van der Waals surface area contributed by atoms with Crippen LogP contribution >= 0.6 is 0 Å². The number of morpholine rings is 1. The Bertz CT molecular complexity index is 543. The van der Waals surface area contributed by atoms with Crippen molar-refractivity contribution in [2.45, 2.75) is 13.5 Å². The van der Waals surface area contributed by atoms with Crippen molar-refractivity contribution >= 4 is 5.91 Å². The molecular formula is C18H26N2O3. The zero-order valence-electron chi connectivity index (χ0n) is 14.0. The predicted octanol–water partition coefficient (Wildman–Crippen LogP) is 1.62. The van der Waals surface area contributed by atoms with E-state index in [9.17, 15) is 4.79 Å². The summed E-state index contributed by atoms with van der Waals surface area (Å²) in [6.07, 6.45) is 0. The van der Waals surface area contributed by atoms with Gasteiger partial charge in [0, 0.05) is 32.7 Å². The summed E-state index contributed by atoms with van der Waals surface area (Å²) in [5, 5.41) is 0. The lowest BCUT2D eigenvalue weighted by Gasteiger charge is -2.30. The van der Waals surface area contributed by atoms with Crippen LogP contribution in [0.3, 0.4) is 0 Å². The van der Waals surface area contributed by atoms with E-state index in [2.05, 4.69) is 24.0 Å². The summed E-state index contributed by atoms with van der Waals surface area (Å²) in [6.45, 7) is 7.67. The topological polar surface area (TPSA) is 42.0 Å². The molecule has 2 heterocycles. The minimum atomic E-state index is 0.110. The number of methoxy groups -OCH3 is 1. The maximum absolute atomic E-state index is 12.7. The van der Waals surface area contributed by atoms with Gasteiger partial charge in [-0.15, -0.1) is 0 Å². The van der Waals surface area contributed by atoms with E-state index in [4.69, 9.17) is 9.47 Å². The molecule has 0 spiro atoms. The van der Waals surface area contributed by atoms with Crippen LogP contribution in [-0.4, -0.2) is 62.2 Å². The molecule has 0 bridgehead atoms. The first-order valence-electron chi connectivity index (χ1n) is 8.39. The maximum atomic E-state index is 12.7. The molecule has 0 radical (unpaired) electrons. The molecule has 1 aromatic carbocycles. The van der Waals surface area contributed by atoms with Crippen molar-refractivity contribution in [3.8, 4) is 5.75 Å². The summed E-state index contributed by atoms with van der Waals surface area (Å²) in [4.78, 5) is 17.1. The van der Waals surface area contributed by atoms with Gasteiger partial charge in [-0.25, -0.2) is 0 Å². The van der Waals surface area contributed by atoms with Gasteiger partial charge in [-0.1, -0.05) is 19.1 Å². The monoisotopic (exact) mass is 318 g/mol. The van der Waals surface area contributed by atoms with Crippen molar-refractivity contribution < 1.29 is 14.3 Å². The van der Waals surface area contributed by atoms with Gasteiger partial charge in [-0.2, -0.15) is 0 Å². The Hall–Kier alpha value is -1.59. The second-order valence-electron chi connectivity index (χ2n) is 6.57. The van der Waals surface area contributed by atoms with Crippen molar-refractivity contribution in [2.75, 3.05) is 46.5 Å².